The van der Waals surface area contributed by atoms with Gasteiger partial charge in [-0.15, -0.1) is 11.3 Å². The maximum atomic E-state index is 11.2. The Kier molecular flexibility index (Phi) is 2.12. The summed E-state index contributed by atoms with van der Waals surface area (Å²) in [5.41, 5.74) is 7.39. The number of thiophene rings is 1. The molecule has 0 aromatic carbocycles. The molecule has 0 fully saturated rings. The third-order valence-corrected chi connectivity index (χ3v) is 3.80. The second kappa shape index (κ2) is 3.14. The van der Waals surface area contributed by atoms with Crippen LogP contribution >= 0.6 is 11.3 Å². The zero-order valence-corrected chi connectivity index (χ0v) is 8.54. The second-order valence-electron chi connectivity index (χ2n) is 3.51. The average Bonchev–Trinajstić information content (AvgIpc) is 2.39. The van der Waals surface area contributed by atoms with Crippen molar-refractivity contribution in [3.63, 3.8) is 0 Å². The second-order valence-corrected chi connectivity index (χ2v) is 4.82. The molecule has 2 N–H and O–H groups in total. The summed E-state index contributed by atoms with van der Waals surface area (Å²) in [5.74, 6) is -0.253. The van der Waals surface area contributed by atoms with Crippen LogP contribution in [-0.2, 0) is 12.8 Å². The molecule has 13 heavy (non-hydrogen) atoms. The van der Waals surface area contributed by atoms with Crippen LogP contribution in [0.2, 0.25) is 0 Å². The van der Waals surface area contributed by atoms with Crippen LogP contribution in [-0.4, -0.2) is 5.91 Å². The van der Waals surface area contributed by atoms with Crippen molar-refractivity contribution in [2.24, 2.45) is 5.73 Å². The maximum absolute atomic E-state index is 11.2. The number of aryl methyl sites for hydroxylation is 2. The Morgan fingerprint density at radius 3 is 2.77 bits per heavy atom. The van der Waals surface area contributed by atoms with Crippen LogP contribution in [0.1, 0.15) is 38.5 Å². The molecule has 2 rings (SSSR count). The quantitative estimate of drug-likeness (QED) is 0.732. The van der Waals surface area contributed by atoms with E-state index in [0.29, 0.717) is 0 Å². The molecule has 1 amide bonds. The lowest BCUT2D eigenvalue weighted by molar-refractivity contribution is 0.0999. The van der Waals surface area contributed by atoms with E-state index in [-0.39, 0.29) is 5.91 Å². The van der Waals surface area contributed by atoms with E-state index in [1.165, 1.54) is 23.3 Å². The summed E-state index contributed by atoms with van der Waals surface area (Å²) in [6, 6.07) is 0. The van der Waals surface area contributed by atoms with Gasteiger partial charge >= 0.3 is 0 Å². The van der Waals surface area contributed by atoms with Crippen molar-refractivity contribution in [1.29, 1.82) is 0 Å². The summed E-state index contributed by atoms with van der Waals surface area (Å²) in [6.07, 6.45) is 4.63. The Labute approximate surface area is 81.8 Å². The minimum atomic E-state index is -0.253. The molecular formula is C10H13NOS. The molecule has 2 nitrogen and oxygen atoms in total. The maximum Gasteiger partial charge on any atom is 0.250 e. The van der Waals surface area contributed by atoms with Crippen LogP contribution in [0.4, 0.5) is 0 Å². The third-order valence-electron chi connectivity index (χ3n) is 2.59. The zero-order chi connectivity index (χ0) is 9.42. The lowest BCUT2D eigenvalue weighted by Crippen LogP contribution is -2.15. The van der Waals surface area contributed by atoms with E-state index in [1.54, 1.807) is 11.3 Å². The van der Waals surface area contributed by atoms with Crippen molar-refractivity contribution < 1.29 is 4.79 Å². The third kappa shape index (κ3) is 1.37. The van der Waals surface area contributed by atoms with Crippen LogP contribution in [0.5, 0.6) is 0 Å². The highest BCUT2D eigenvalue weighted by Gasteiger charge is 2.21. The van der Waals surface area contributed by atoms with Gasteiger partial charge in [0, 0.05) is 9.75 Å². The van der Waals surface area contributed by atoms with Gasteiger partial charge in [0.25, 0.3) is 0 Å². The summed E-state index contributed by atoms with van der Waals surface area (Å²) >= 11 is 1.74. The van der Waals surface area contributed by atoms with E-state index in [4.69, 9.17) is 5.73 Å². The summed E-state index contributed by atoms with van der Waals surface area (Å²) < 4.78 is 0. The molecule has 1 aromatic heterocycles. The molecule has 1 aliphatic carbocycles. The topological polar surface area (TPSA) is 43.1 Å². The zero-order valence-electron chi connectivity index (χ0n) is 7.72. The number of hydrogen-bond acceptors (Lipinski definition) is 2. The lowest BCUT2D eigenvalue weighted by Gasteiger charge is -2.11. The molecule has 70 valence electrons. The minimum absolute atomic E-state index is 0.253. The fourth-order valence-corrected chi connectivity index (χ4v) is 3.29. The Morgan fingerprint density at radius 2 is 2.08 bits per heavy atom. The molecule has 0 radical (unpaired) electrons. The first-order valence-corrected chi connectivity index (χ1v) is 5.42. The van der Waals surface area contributed by atoms with Crippen LogP contribution < -0.4 is 5.73 Å². The highest BCUT2D eigenvalue weighted by molar-refractivity contribution is 7.12. The highest BCUT2D eigenvalue weighted by atomic mass is 32.1. The van der Waals surface area contributed by atoms with Crippen LogP contribution in [0.3, 0.4) is 0 Å². The predicted octanol–water partition coefficient (Wildman–Crippen LogP) is 2.03. The number of carbonyl (C=O) groups excluding carboxylic acids is 1. The van der Waals surface area contributed by atoms with Gasteiger partial charge in [0.1, 0.15) is 0 Å². The van der Waals surface area contributed by atoms with E-state index in [2.05, 4.69) is 0 Å². The smallest absolute Gasteiger partial charge is 0.250 e. The van der Waals surface area contributed by atoms with Gasteiger partial charge in [0.05, 0.1) is 5.56 Å². The van der Waals surface area contributed by atoms with E-state index in [0.717, 1.165) is 23.3 Å². The Balaban J connectivity index is 2.54. The molecule has 0 aliphatic heterocycles. The van der Waals surface area contributed by atoms with Gasteiger partial charge in [-0.2, -0.15) is 0 Å². The summed E-state index contributed by atoms with van der Waals surface area (Å²) in [4.78, 5) is 13.7. The van der Waals surface area contributed by atoms with Gasteiger partial charge in [-0.05, 0) is 38.2 Å². The molecule has 0 saturated heterocycles. The Hall–Kier alpha value is -0.830. The van der Waals surface area contributed by atoms with E-state index >= 15 is 0 Å². The Bertz CT molecular complexity index is 354. The number of hydrogen-bond donors (Lipinski definition) is 1. The van der Waals surface area contributed by atoms with Gasteiger partial charge < -0.3 is 5.73 Å². The molecule has 1 heterocycles. The first-order valence-electron chi connectivity index (χ1n) is 4.61. The van der Waals surface area contributed by atoms with Crippen molar-refractivity contribution in [3.05, 3.63) is 20.9 Å². The molecule has 0 bridgehead atoms. The van der Waals surface area contributed by atoms with Crippen molar-refractivity contribution in [2.75, 3.05) is 0 Å². The first kappa shape index (κ1) is 8.75. The monoisotopic (exact) mass is 195 g/mol. The summed E-state index contributed by atoms with van der Waals surface area (Å²) in [5, 5.41) is 0. The van der Waals surface area contributed by atoms with Gasteiger partial charge in [-0.1, -0.05) is 0 Å². The largest absolute Gasteiger partial charge is 0.366 e. The van der Waals surface area contributed by atoms with Crippen molar-refractivity contribution in [3.8, 4) is 0 Å². The number of fused-ring (bicyclic) bond motifs is 1. The van der Waals surface area contributed by atoms with E-state index in [1.807, 2.05) is 6.92 Å². The molecule has 0 spiro atoms. The SMILES string of the molecule is Cc1sc2c(c1C(N)=O)CCCC2. The van der Waals surface area contributed by atoms with Crippen LogP contribution in [0, 0.1) is 6.92 Å². The molecule has 1 aromatic rings. The molecule has 0 atom stereocenters. The molecule has 0 saturated carbocycles. The number of primary amides is 1. The fraction of sp³-hybridized carbons (Fsp3) is 0.500. The summed E-state index contributed by atoms with van der Waals surface area (Å²) in [6.45, 7) is 1.99. The van der Waals surface area contributed by atoms with Gasteiger partial charge in [0.15, 0.2) is 0 Å². The Morgan fingerprint density at radius 1 is 1.38 bits per heavy atom. The van der Waals surface area contributed by atoms with Crippen molar-refractivity contribution in [1.82, 2.24) is 0 Å². The number of carbonyl (C=O) groups is 1. The summed E-state index contributed by atoms with van der Waals surface area (Å²) in [7, 11) is 0. The molecule has 0 unspecified atom stereocenters. The predicted molar refractivity (Wildman–Crippen MR) is 54.2 cm³/mol. The average molecular weight is 195 g/mol. The standard InChI is InChI=1S/C10H13NOS/c1-6-9(10(11)12)7-4-2-3-5-8(7)13-6/h2-5H2,1H3,(H2,11,12). The van der Waals surface area contributed by atoms with Gasteiger partial charge in [0.2, 0.25) is 5.91 Å². The molecule has 3 heteroatoms. The first-order chi connectivity index (χ1) is 6.20. The van der Waals surface area contributed by atoms with Crippen LogP contribution in [0.15, 0.2) is 0 Å². The highest BCUT2D eigenvalue weighted by Crippen LogP contribution is 2.33. The number of amides is 1. The fourth-order valence-electron chi connectivity index (χ4n) is 2.03. The minimum Gasteiger partial charge on any atom is -0.366 e. The molecular weight excluding hydrogens is 182 g/mol. The van der Waals surface area contributed by atoms with Crippen LogP contribution in [0.25, 0.3) is 0 Å². The lowest BCUT2D eigenvalue weighted by atomic mass is 9.95. The van der Waals surface area contributed by atoms with Gasteiger partial charge in [-0.3, -0.25) is 4.79 Å². The van der Waals surface area contributed by atoms with E-state index in [9.17, 15) is 4.79 Å². The van der Waals surface area contributed by atoms with Gasteiger partial charge in [-0.25, -0.2) is 0 Å². The van der Waals surface area contributed by atoms with Crippen molar-refractivity contribution >= 4 is 17.2 Å². The normalized spacial score (nSPS) is 15.5. The number of rotatable bonds is 1. The molecule has 1 aliphatic rings. The number of nitrogens with two attached hydrogens (primary N) is 1. The van der Waals surface area contributed by atoms with Crippen molar-refractivity contribution in [2.45, 2.75) is 32.6 Å². The van der Waals surface area contributed by atoms with E-state index < -0.39 is 0 Å².